The Hall–Kier alpha value is -1.92. The van der Waals surface area contributed by atoms with E-state index >= 15 is 0 Å². The lowest BCUT2D eigenvalue weighted by Gasteiger charge is -2.15. The van der Waals surface area contributed by atoms with Crippen LogP contribution in [0.3, 0.4) is 0 Å². The van der Waals surface area contributed by atoms with Gasteiger partial charge in [0.05, 0.1) is 6.04 Å². The minimum Gasteiger partial charge on any atom is -0.345 e. The number of rotatable bonds is 4. The maximum atomic E-state index is 12.0. The number of aryl methyl sites for hydroxylation is 1. The van der Waals surface area contributed by atoms with Crippen LogP contribution in [0.4, 0.5) is 0 Å². The van der Waals surface area contributed by atoms with Crippen molar-refractivity contribution in [3.63, 3.8) is 0 Å². The summed E-state index contributed by atoms with van der Waals surface area (Å²) in [6.45, 7) is 3.75. The molecule has 3 N–H and O–H groups in total. The van der Waals surface area contributed by atoms with Gasteiger partial charge in [-0.3, -0.25) is 4.79 Å². The van der Waals surface area contributed by atoms with Gasteiger partial charge in [0.1, 0.15) is 6.04 Å². The maximum Gasteiger partial charge on any atom is 0.242 e. The van der Waals surface area contributed by atoms with Crippen LogP contribution in [-0.4, -0.2) is 16.0 Å². The first-order valence-electron chi connectivity index (χ1n) is 5.96. The fourth-order valence-corrected chi connectivity index (χ4v) is 1.66. The molecule has 0 radical (unpaired) electrons. The molecule has 2 rings (SSSR count). The molecule has 108 valence electrons. The van der Waals surface area contributed by atoms with Crippen molar-refractivity contribution >= 4 is 18.3 Å². The molecular weight excluding hydrogens is 280 g/mol. The first-order valence-corrected chi connectivity index (χ1v) is 5.96. The zero-order valence-electron chi connectivity index (χ0n) is 11.2. The van der Waals surface area contributed by atoms with Crippen LogP contribution in [0.1, 0.15) is 36.0 Å². The SMILES string of the molecule is Cc1ccc(C(N)C(=O)NC(C)c2ncon2)cc1.Cl. The summed E-state index contributed by atoms with van der Waals surface area (Å²) in [5.74, 6) is 0.144. The first kappa shape index (κ1) is 16.1. The van der Waals surface area contributed by atoms with Crippen molar-refractivity contribution in [3.8, 4) is 0 Å². The van der Waals surface area contributed by atoms with Crippen molar-refractivity contribution in [1.29, 1.82) is 0 Å². The zero-order valence-corrected chi connectivity index (χ0v) is 12.1. The lowest BCUT2D eigenvalue weighted by molar-refractivity contribution is -0.123. The molecule has 0 saturated carbocycles. The molecule has 0 saturated heterocycles. The van der Waals surface area contributed by atoms with Gasteiger partial charge < -0.3 is 15.6 Å². The highest BCUT2D eigenvalue weighted by atomic mass is 35.5. The number of amides is 1. The lowest BCUT2D eigenvalue weighted by Crippen LogP contribution is -2.36. The predicted octanol–water partition coefficient (Wildman–Crippen LogP) is 1.68. The molecule has 0 spiro atoms. The van der Waals surface area contributed by atoms with Crippen LogP contribution in [0.15, 0.2) is 35.2 Å². The predicted molar refractivity (Wildman–Crippen MR) is 76.2 cm³/mol. The van der Waals surface area contributed by atoms with Gasteiger partial charge in [-0.05, 0) is 19.4 Å². The minimum atomic E-state index is -0.713. The molecule has 0 aliphatic heterocycles. The summed E-state index contributed by atoms with van der Waals surface area (Å²) < 4.78 is 4.63. The number of aromatic nitrogens is 2. The number of nitrogens with one attached hydrogen (secondary N) is 1. The average molecular weight is 297 g/mol. The van der Waals surface area contributed by atoms with Gasteiger partial charge >= 0.3 is 0 Å². The fourth-order valence-electron chi connectivity index (χ4n) is 1.66. The maximum absolute atomic E-state index is 12.0. The van der Waals surface area contributed by atoms with Gasteiger partial charge in [0.15, 0.2) is 5.82 Å². The van der Waals surface area contributed by atoms with Crippen LogP contribution < -0.4 is 11.1 Å². The molecule has 6 nitrogen and oxygen atoms in total. The molecule has 2 unspecified atom stereocenters. The molecule has 0 fully saturated rings. The van der Waals surface area contributed by atoms with E-state index in [-0.39, 0.29) is 24.4 Å². The molecule has 2 atom stereocenters. The summed E-state index contributed by atoms with van der Waals surface area (Å²) in [6, 6.07) is 6.48. The Morgan fingerprint density at radius 1 is 1.35 bits per heavy atom. The summed E-state index contributed by atoms with van der Waals surface area (Å²) >= 11 is 0. The number of hydrogen-bond donors (Lipinski definition) is 2. The second kappa shape index (κ2) is 7.02. The van der Waals surface area contributed by atoms with Crippen LogP contribution in [-0.2, 0) is 4.79 Å². The second-order valence-corrected chi connectivity index (χ2v) is 4.41. The molecule has 1 amide bonds. The van der Waals surface area contributed by atoms with Crippen molar-refractivity contribution < 1.29 is 9.32 Å². The minimum absolute atomic E-state index is 0. The van der Waals surface area contributed by atoms with Gasteiger partial charge in [0.2, 0.25) is 12.3 Å². The number of hydrogen-bond acceptors (Lipinski definition) is 5. The summed E-state index contributed by atoms with van der Waals surface area (Å²) in [7, 11) is 0. The Morgan fingerprint density at radius 2 is 2.00 bits per heavy atom. The van der Waals surface area contributed by atoms with Gasteiger partial charge in [0.25, 0.3) is 0 Å². The van der Waals surface area contributed by atoms with E-state index in [4.69, 9.17) is 5.73 Å². The van der Waals surface area contributed by atoms with Crippen LogP contribution in [0.2, 0.25) is 0 Å². The largest absolute Gasteiger partial charge is 0.345 e. The topological polar surface area (TPSA) is 94.0 Å². The monoisotopic (exact) mass is 296 g/mol. The number of nitrogens with two attached hydrogens (primary N) is 1. The third-order valence-corrected chi connectivity index (χ3v) is 2.84. The molecule has 1 aromatic heterocycles. The molecule has 2 aromatic rings. The summed E-state index contributed by atoms with van der Waals surface area (Å²) in [6.07, 6.45) is 1.22. The van der Waals surface area contributed by atoms with Crippen molar-refractivity contribution in [3.05, 3.63) is 47.6 Å². The molecule has 0 aliphatic rings. The van der Waals surface area contributed by atoms with E-state index < -0.39 is 6.04 Å². The molecule has 1 aromatic carbocycles. The summed E-state index contributed by atoms with van der Waals surface area (Å²) in [5.41, 5.74) is 7.80. The number of carbonyl (C=O) groups excluding carboxylic acids is 1. The Bertz CT molecular complexity index is 542. The third-order valence-electron chi connectivity index (χ3n) is 2.84. The summed E-state index contributed by atoms with van der Waals surface area (Å²) in [5, 5.41) is 6.42. The standard InChI is InChI=1S/C13H16N4O2.ClH/c1-8-3-5-10(6-4-8)11(14)13(18)16-9(2)12-15-7-19-17-12;/h3-7,9,11H,14H2,1-2H3,(H,16,18);1H. The summed E-state index contributed by atoms with van der Waals surface area (Å²) in [4.78, 5) is 15.9. The van der Waals surface area contributed by atoms with E-state index in [1.807, 2.05) is 31.2 Å². The Morgan fingerprint density at radius 3 is 2.55 bits per heavy atom. The molecule has 20 heavy (non-hydrogen) atoms. The van der Waals surface area contributed by atoms with Crippen LogP contribution in [0, 0.1) is 6.92 Å². The van der Waals surface area contributed by atoms with Gasteiger partial charge in [-0.25, -0.2) is 0 Å². The molecule has 0 aliphatic carbocycles. The third kappa shape index (κ3) is 3.79. The molecule has 7 heteroatoms. The zero-order chi connectivity index (χ0) is 13.8. The fraction of sp³-hybridized carbons (Fsp3) is 0.308. The number of nitrogens with zero attached hydrogens (tertiary/aromatic N) is 2. The van der Waals surface area contributed by atoms with Gasteiger partial charge in [-0.1, -0.05) is 35.0 Å². The van der Waals surface area contributed by atoms with E-state index in [9.17, 15) is 4.79 Å². The van der Waals surface area contributed by atoms with E-state index in [2.05, 4.69) is 20.0 Å². The lowest BCUT2D eigenvalue weighted by atomic mass is 10.1. The van der Waals surface area contributed by atoms with E-state index in [1.54, 1.807) is 6.92 Å². The molecule has 0 bridgehead atoms. The number of carbonyl (C=O) groups is 1. The highest BCUT2D eigenvalue weighted by Gasteiger charge is 2.20. The first-order chi connectivity index (χ1) is 9.08. The number of halogens is 1. The van der Waals surface area contributed by atoms with E-state index in [1.165, 1.54) is 6.39 Å². The van der Waals surface area contributed by atoms with Crippen molar-refractivity contribution in [2.75, 3.05) is 0 Å². The van der Waals surface area contributed by atoms with E-state index in [0.29, 0.717) is 5.82 Å². The van der Waals surface area contributed by atoms with Gasteiger partial charge in [-0.15, -0.1) is 12.4 Å². The molecular formula is C13H17ClN4O2. The van der Waals surface area contributed by atoms with Gasteiger partial charge in [0, 0.05) is 0 Å². The Labute approximate surface area is 123 Å². The normalized spacial score (nSPS) is 13.2. The number of benzene rings is 1. The Balaban J connectivity index is 0.00000200. The quantitative estimate of drug-likeness (QED) is 0.895. The van der Waals surface area contributed by atoms with E-state index in [0.717, 1.165) is 11.1 Å². The highest BCUT2D eigenvalue weighted by molar-refractivity contribution is 5.85. The smallest absolute Gasteiger partial charge is 0.242 e. The van der Waals surface area contributed by atoms with Crippen LogP contribution in [0.25, 0.3) is 0 Å². The van der Waals surface area contributed by atoms with Gasteiger partial charge in [-0.2, -0.15) is 4.98 Å². The van der Waals surface area contributed by atoms with Crippen LogP contribution >= 0.6 is 12.4 Å². The second-order valence-electron chi connectivity index (χ2n) is 4.41. The van der Waals surface area contributed by atoms with Crippen molar-refractivity contribution in [1.82, 2.24) is 15.5 Å². The van der Waals surface area contributed by atoms with Crippen molar-refractivity contribution in [2.45, 2.75) is 25.9 Å². The molecule has 1 heterocycles. The highest BCUT2D eigenvalue weighted by Crippen LogP contribution is 2.13. The van der Waals surface area contributed by atoms with Crippen molar-refractivity contribution in [2.24, 2.45) is 5.73 Å². The average Bonchev–Trinajstić information content (AvgIpc) is 2.92. The van der Waals surface area contributed by atoms with Crippen LogP contribution in [0.5, 0.6) is 0 Å². The Kier molecular flexibility index (Phi) is 5.66.